The van der Waals surface area contributed by atoms with Gasteiger partial charge in [-0.05, 0) is 50.3 Å². The van der Waals surface area contributed by atoms with Gasteiger partial charge in [0.25, 0.3) is 0 Å². The van der Waals surface area contributed by atoms with Crippen molar-refractivity contribution in [2.24, 2.45) is 0 Å². The molecule has 0 fully saturated rings. The van der Waals surface area contributed by atoms with Crippen molar-refractivity contribution < 1.29 is 9.53 Å². The number of aromatic nitrogens is 1. The smallest absolute Gasteiger partial charge is 0.220 e. The molecule has 0 aliphatic heterocycles. The number of fused-ring (bicyclic) bond motifs is 1. The van der Waals surface area contributed by atoms with E-state index in [1.54, 1.807) is 30.2 Å². The maximum Gasteiger partial charge on any atom is 0.220 e. The molecule has 0 radical (unpaired) electrons. The van der Waals surface area contributed by atoms with Crippen molar-refractivity contribution in [2.45, 2.75) is 23.2 Å². The molecule has 0 bridgehead atoms. The highest BCUT2D eigenvalue weighted by atomic mass is 32.2. The molecule has 1 amide bonds. The summed E-state index contributed by atoms with van der Waals surface area (Å²) in [4.78, 5) is 19.0. The number of nitrogens with zero attached hydrogens (tertiary/aromatic N) is 2. The molecule has 0 saturated carbocycles. The van der Waals surface area contributed by atoms with E-state index in [0.29, 0.717) is 13.0 Å². The number of carbonyl (C=O) groups excluding carboxylic acids is 1. The molecule has 1 unspecified atom stereocenters. The maximum atomic E-state index is 12.3. The summed E-state index contributed by atoms with van der Waals surface area (Å²) in [6.45, 7) is 0.573. The zero-order chi connectivity index (χ0) is 20.6. The van der Waals surface area contributed by atoms with Gasteiger partial charge in [0.15, 0.2) is 4.34 Å². The number of nitrogens with one attached hydrogen (secondary N) is 1. The Kier molecular flexibility index (Phi) is 7.91. The first-order valence-electron chi connectivity index (χ1n) is 9.62. The maximum absolute atomic E-state index is 12.3. The van der Waals surface area contributed by atoms with Gasteiger partial charge in [0.05, 0.1) is 23.4 Å². The fourth-order valence-electron chi connectivity index (χ4n) is 3.05. The normalized spacial score (nSPS) is 12.3. The molecule has 3 rings (SSSR count). The summed E-state index contributed by atoms with van der Waals surface area (Å²) in [6, 6.07) is 16.3. The van der Waals surface area contributed by atoms with Crippen LogP contribution in [0.3, 0.4) is 0 Å². The van der Waals surface area contributed by atoms with Crippen molar-refractivity contribution in [3.8, 4) is 5.75 Å². The summed E-state index contributed by atoms with van der Waals surface area (Å²) in [5, 5.41) is 3.08. The van der Waals surface area contributed by atoms with E-state index in [1.807, 2.05) is 50.5 Å². The number of rotatable bonds is 10. The average Bonchev–Trinajstić information content (AvgIpc) is 3.14. The largest absolute Gasteiger partial charge is 0.497 e. The van der Waals surface area contributed by atoms with Crippen LogP contribution in [0.1, 0.15) is 24.4 Å². The second-order valence-electron chi connectivity index (χ2n) is 6.96. The fourth-order valence-corrected chi connectivity index (χ4v) is 5.13. The molecule has 29 heavy (non-hydrogen) atoms. The molecule has 0 aliphatic carbocycles. The average molecular weight is 430 g/mol. The van der Waals surface area contributed by atoms with E-state index in [1.165, 1.54) is 4.70 Å². The van der Waals surface area contributed by atoms with Gasteiger partial charge >= 0.3 is 0 Å². The van der Waals surface area contributed by atoms with Gasteiger partial charge in [-0.15, -0.1) is 11.3 Å². The van der Waals surface area contributed by atoms with Gasteiger partial charge in [-0.3, -0.25) is 4.79 Å². The Morgan fingerprint density at radius 2 is 2.07 bits per heavy atom. The second kappa shape index (κ2) is 10.6. The van der Waals surface area contributed by atoms with Crippen LogP contribution < -0.4 is 10.1 Å². The van der Waals surface area contributed by atoms with E-state index in [0.717, 1.165) is 33.3 Å². The molecule has 0 aliphatic rings. The van der Waals surface area contributed by atoms with Crippen molar-refractivity contribution >= 4 is 39.2 Å². The van der Waals surface area contributed by atoms with Crippen LogP contribution in [0.2, 0.25) is 0 Å². The lowest BCUT2D eigenvalue weighted by molar-refractivity contribution is -0.121. The third-order valence-electron chi connectivity index (χ3n) is 4.64. The molecule has 1 heterocycles. The van der Waals surface area contributed by atoms with Crippen LogP contribution in [-0.2, 0) is 4.79 Å². The van der Waals surface area contributed by atoms with Gasteiger partial charge in [-0.25, -0.2) is 4.98 Å². The van der Waals surface area contributed by atoms with Crippen molar-refractivity contribution in [1.82, 2.24) is 15.2 Å². The standard InChI is InChI=1S/C22H27N3O2S2/c1-25(2)19(16-8-6-9-17(14-16)27-3)15-23-21(26)12-7-13-28-22-24-18-10-4-5-11-20(18)29-22/h4-6,8-11,14,19H,7,12-13,15H2,1-3H3,(H,23,26). The number of carbonyl (C=O) groups is 1. The van der Waals surface area contributed by atoms with E-state index in [4.69, 9.17) is 4.74 Å². The van der Waals surface area contributed by atoms with Crippen LogP contribution in [-0.4, -0.2) is 49.3 Å². The predicted octanol–water partition coefficient (Wildman–Crippen LogP) is 4.60. The van der Waals surface area contributed by atoms with Crippen LogP contribution in [0.5, 0.6) is 5.75 Å². The number of para-hydroxylation sites is 1. The van der Waals surface area contributed by atoms with Gasteiger partial charge in [0, 0.05) is 18.7 Å². The second-order valence-corrected chi connectivity index (χ2v) is 9.33. The lowest BCUT2D eigenvalue weighted by Crippen LogP contribution is -2.34. The van der Waals surface area contributed by atoms with E-state index in [2.05, 4.69) is 27.3 Å². The number of hydrogen-bond donors (Lipinski definition) is 1. The number of benzene rings is 2. The van der Waals surface area contributed by atoms with E-state index >= 15 is 0 Å². The predicted molar refractivity (Wildman–Crippen MR) is 122 cm³/mol. The molecule has 7 heteroatoms. The molecule has 0 saturated heterocycles. The quantitative estimate of drug-likeness (QED) is 0.377. The Morgan fingerprint density at radius 3 is 2.83 bits per heavy atom. The number of likely N-dealkylation sites (N-methyl/N-ethyl adjacent to an activating group) is 1. The molecule has 1 N–H and O–H groups in total. The minimum absolute atomic E-state index is 0.0876. The Hall–Kier alpha value is -2.09. The van der Waals surface area contributed by atoms with E-state index in [-0.39, 0.29) is 11.9 Å². The van der Waals surface area contributed by atoms with Crippen molar-refractivity contribution in [2.75, 3.05) is 33.5 Å². The first-order chi connectivity index (χ1) is 14.1. The fraction of sp³-hybridized carbons (Fsp3) is 0.364. The molecule has 3 aromatic rings. The van der Waals surface area contributed by atoms with Gasteiger partial charge in [0.1, 0.15) is 5.75 Å². The monoisotopic (exact) mass is 429 g/mol. The minimum atomic E-state index is 0.0876. The summed E-state index contributed by atoms with van der Waals surface area (Å²) in [5.74, 6) is 1.80. The summed E-state index contributed by atoms with van der Waals surface area (Å²) in [5.41, 5.74) is 2.17. The van der Waals surface area contributed by atoms with Crippen molar-refractivity contribution in [3.05, 3.63) is 54.1 Å². The zero-order valence-corrected chi connectivity index (χ0v) is 18.7. The first-order valence-corrected chi connectivity index (χ1v) is 11.4. The Morgan fingerprint density at radius 1 is 1.24 bits per heavy atom. The molecule has 1 aromatic heterocycles. The molecule has 154 valence electrons. The number of thiazole rings is 1. The third-order valence-corrected chi connectivity index (χ3v) is 6.91. The highest BCUT2D eigenvalue weighted by Crippen LogP contribution is 2.29. The van der Waals surface area contributed by atoms with Crippen LogP contribution in [0.4, 0.5) is 0 Å². The Labute approximate surface area is 180 Å². The van der Waals surface area contributed by atoms with E-state index < -0.39 is 0 Å². The van der Waals surface area contributed by atoms with Crippen molar-refractivity contribution in [3.63, 3.8) is 0 Å². The SMILES string of the molecule is COc1cccc(C(CNC(=O)CCCSc2nc3ccccc3s2)N(C)C)c1. The molecule has 5 nitrogen and oxygen atoms in total. The van der Waals surface area contributed by atoms with Gasteiger partial charge in [-0.2, -0.15) is 0 Å². The van der Waals surface area contributed by atoms with Crippen LogP contribution in [0.25, 0.3) is 10.2 Å². The van der Waals surface area contributed by atoms with Crippen LogP contribution in [0.15, 0.2) is 52.9 Å². The molecule has 0 spiro atoms. The highest BCUT2D eigenvalue weighted by Gasteiger charge is 2.16. The Bertz CT molecular complexity index is 909. The Balaban J connectivity index is 1.43. The number of amides is 1. The zero-order valence-electron chi connectivity index (χ0n) is 17.1. The van der Waals surface area contributed by atoms with Gasteiger partial charge < -0.3 is 15.0 Å². The first kappa shape index (κ1) is 21.6. The molecule has 2 aromatic carbocycles. The van der Waals surface area contributed by atoms with Crippen molar-refractivity contribution in [1.29, 1.82) is 0 Å². The summed E-state index contributed by atoms with van der Waals surface area (Å²) >= 11 is 3.43. The number of thioether (sulfide) groups is 1. The summed E-state index contributed by atoms with van der Waals surface area (Å²) < 4.78 is 7.59. The molecular formula is C22H27N3O2S2. The van der Waals surface area contributed by atoms with Gasteiger partial charge in [0.2, 0.25) is 5.91 Å². The number of ether oxygens (including phenoxy) is 1. The van der Waals surface area contributed by atoms with Crippen LogP contribution in [0, 0.1) is 0 Å². The summed E-state index contributed by atoms with van der Waals surface area (Å²) in [7, 11) is 5.70. The number of hydrogen-bond acceptors (Lipinski definition) is 6. The third kappa shape index (κ3) is 6.19. The van der Waals surface area contributed by atoms with Crippen LogP contribution >= 0.6 is 23.1 Å². The molecule has 1 atom stereocenters. The van der Waals surface area contributed by atoms with E-state index in [9.17, 15) is 4.79 Å². The minimum Gasteiger partial charge on any atom is -0.497 e. The lowest BCUT2D eigenvalue weighted by atomic mass is 10.1. The number of methoxy groups -OCH3 is 1. The summed E-state index contributed by atoms with van der Waals surface area (Å²) in [6.07, 6.45) is 1.36. The lowest BCUT2D eigenvalue weighted by Gasteiger charge is -2.25. The molecular weight excluding hydrogens is 402 g/mol. The van der Waals surface area contributed by atoms with Gasteiger partial charge in [-0.1, -0.05) is 36.0 Å². The topological polar surface area (TPSA) is 54.5 Å². The highest BCUT2D eigenvalue weighted by molar-refractivity contribution is 8.01.